The van der Waals surface area contributed by atoms with E-state index in [4.69, 9.17) is 0 Å². The van der Waals surface area contributed by atoms with Crippen LogP contribution in [-0.4, -0.2) is 10.2 Å². The lowest BCUT2D eigenvalue weighted by molar-refractivity contribution is 0.456. The highest BCUT2D eigenvalue weighted by molar-refractivity contribution is 5.73. The lowest BCUT2D eigenvalue weighted by Crippen LogP contribution is -2.05. The van der Waals surface area contributed by atoms with E-state index in [0.29, 0.717) is 11.5 Å². The van der Waals surface area contributed by atoms with E-state index < -0.39 is 0 Å². The third-order valence-electron chi connectivity index (χ3n) is 9.74. The Hall–Kier alpha value is -5.08. The van der Waals surface area contributed by atoms with Crippen LogP contribution in [-0.2, 0) is 0 Å². The molecular formula is C44H42O2. The molecule has 0 bridgehead atoms. The summed E-state index contributed by atoms with van der Waals surface area (Å²) < 4.78 is 0. The lowest BCUT2D eigenvalue weighted by Gasteiger charge is -2.24. The Labute approximate surface area is 273 Å². The number of phenols is 2. The molecule has 0 aliphatic heterocycles. The van der Waals surface area contributed by atoms with Crippen molar-refractivity contribution in [3.63, 3.8) is 0 Å². The van der Waals surface area contributed by atoms with E-state index in [1.807, 2.05) is 24.3 Å². The van der Waals surface area contributed by atoms with Crippen molar-refractivity contribution in [3.8, 4) is 22.6 Å². The van der Waals surface area contributed by atoms with E-state index >= 15 is 0 Å². The van der Waals surface area contributed by atoms with E-state index in [0.717, 1.165) is 55.6 Å². The Morgan fingerprint density at radius 2 is 0.522 bits per heavy atom. The van der Waals surface area contributed by atoms with Crippen LogP contribution in [0.25, 0.3) is 11.1 Å². The predicted molar refractivity (Wildman–Crippen MR) is 191 cm³/mol. The zero-order valence-electron chi connectivity index (χ0n) is 27.1. The van der Waals surface area contributed by atoms with Gasteiger partial charge in [-0.1, -0.05) is 149 Å². The number of hydrogen-bond donors (Lipinski definition) is 2. The molecule has 6 rings (SSSR count). The fraction of sp³-hybridized carbons (Fsp3) is 0.182. The molecule has 0 spiro atoms. The van der Waals surface area contributed by atoms with Crippen LogP contribution in [0.3, 0.4) is 0 Å². The Morgan fingerprint density at radius 1 is 0.326 bits per heavy atom. The molecule has 6 aromatic carbocycles. The van der Waals surface area contributed by atoms with E-state index in [9.17, 15) is 10.2 Å². The van der Waals surface area contributed by atoms with E-state index in [1.165, 1.54) is 0 Å². The van der Waals surface area contributed by atoms with Crippen LogP contribution in [0.5, 0.6) is 11.5 Å². The highest BCUT2D eigenvalue weighted by atomic mass is 16.3. The van der Waals surface area contributed by atoms with Crippen LogP contribution in [0.15, 0.2) is 146 Å². The van der Waals surface area contributed by atoms with Crippen molar-refractivity contribution < 1.29 is 10.2 Å². The van der Waals surface area contributed by atoms with Crippen molar-refractivity contribution >= 4 is 0 Å². The van der Waals surface area contributed by atoms with Gasteiger partial charge in [-0.15, -0.1) is 0 Å². The number of benzene rings is 6. The summed E-state index contributed by atoms with van der Waals surface area (Å²) in [6.45, 7) is 8.64. The Morgan fingerprint density at radius 3 is 0.717 bits per heavy atom. The largest absolute Gasteiger partial charge is 0.507 e. The molecule has 0 aromatic heterocycles. The third-order valence-corrected chi connectivity index (χ3v) is 9.74. The molecule has 0 radical (unpaired) electrons. The topological polar surface area (TPSA) is 40.5 Å². The van der Waals surface area contributed by atoms with Crippen molar-refractivity contribution in [2.45, 2.75) is 51.4 Å². The molecule has 0 saturated heterocycles. The van der Waals surface area contributed by atoms with Gasteiger partial charge in [0, 0.05) is 45.9 Å². The van der Waals surface area contributed by atoms with Crippen molar-refractivity contribution in [2.75, 3.05) is 0 Å². The summed E-state index contributed by atoms with van der Waals surface area (Å²) in [5.41, 5.74) is 10.2. The first kappa shape index (κ1) is 30.9. The summed E-state index contributed by atoms with van der Waals surface area (Å²) in [6, 6.07) is 50.1. The zero-order valence-corrected chi connectivity index (χ0v) is 27.1. The fourth-order valence-corrected chi connectivity index (χ4v) is 6.70. The van der Waals surface area contributed by atoms with Gasteiger partial charge in [0.15, 0.2) is 0 Å². The van der Waals surface area contributed by atoms with Gasteiger partial charge in [-0.25, -0.2) is 0 Å². The average Bonchev–Trinajstić information content (AvgIpc) is 3.12. The second kappa shape index (κ2) is 13.5. The minimum absolute atomic E-state index is 0.0228. The van der Waals surface area contributed by atoms with Gasteiger partial charge in [0.2, 0.25) is 0 Å². The molecule has 230 valence electrons. The highest BCUT2D eigenvalue weighted by Gasteiger charge is 2.25. The third kappa shape index (κ3) is 6.21. The number of rotatable bonds is 9. The van der Waals surface area contributed by atoms with Crippen molar-refractivity contribution in [2.24, 2.45) is 0 Å². The maximum absolute atomic E-state index is 11.9. The SMILES string of the molecule is CC(c1ccccc1)c1cc(-c2cc(C(C)c3ccccc3)c(O)c(C(C)c3ccccc3)c2)cc(C(C)c2ccccc2)c1O. The lowest BCUT2D eigenvalue weighted by atomic mass is 9.81. The minimum atomic E-state index is -0.0228. The summed E-state index contributed by atoms with van der Waals surface area (Å²) in [5.74, 6) is 0.587. The van der Waals surface area contributed by atoms with Crippen LogP contribution in [0.4, 0.5) is 0 Å². The highest BCUT2D eigenvalue weighted by Crippen LogP contribution is 2.45. The first-order valence-electron chi connectivity index (χ1n) is 16.3. The standard InChI is InChI=1S/C44H42O2/c1-29(33-17-9-5-10-18-33)39-25-37(26-40(43(39)45)30(2)34-19-11-6-12-20-34)38-27-41(31(3)35-21-13-7-14-22-35)44(46)42(28-38)32(4)36-23-15-8-16-24-36/h5-32,45-46H,1-4H3. The van der Waals surface area contributed by atoms with E-state index in [1.54, 1.807) is 0 Å². The molecule has 46 heavy (non-hydrogen) atoms. The first-order chi connectivity index (χ1) is 22.3. The molecule has 0 heterocycles. The average molecular weight is 603 g/mol. The second-order valence-corrected chi connectivity index (χ2v) is 12.5. The van der Waals surface area contributed by atoms with Crippen LogP contribution in [0.2, 0.25) is 0 Å². The smallest absolute Gasteiger partial charge is 0.123 e. The summed E-state index contributed by atoms with van der Waals surface area (Å²) in [4.78, 5) is 0. The molecule has 2 heteroatoms. The Bertz CT molecular complexity index is 1620. The van der Waals surface area contributed by atoms with E-state index in [-0.39, 0.29) is 23.7 Å². The van der Waals surface area contributed by atoms with Crippen LogP contribution in [0.1, 0.15) is 95.9 Å². The predicted octanol–water partition coefficient (Wildman–Crippen LogP) is 11.4. The number of hydrogen-bond acceptors (Lipinski definition) is 2. The second-order valence-electron chi connectivity index (χ2n) is 12.5. The van der Waals surface area contributed by atoms with Crippen LogP contribution >= 0.6 is 0 Å². The molecule has 2 nitrogen and oxygen atoms in total. The summed E-state index contributed by atoms with van der Waals surface area (Å²) in [5, 5.41) is 23.8. The molecule has 2 N–H and O–H groups in total. The Balaban J connectivity index is 1.58. The summed E-state index contributed by atoms with van der Waals surface area (Å²) in [6.07, 6.45) is 0. The van der Waals surface area contributed by atoms with Crippen molar-refractivity contribution in [3.05, 3.63) is 190 Å². The van der Waals surface area contributed by atoms with E-state index in [2.05, 4.69) is 149 Å². The monoisotopic (exact) mass is 602 g/mol. The fourth-order valence-electron chi connectivity index (χ4n) is 6.70. The van der Waals surface area contributed by atoms with Gasteiger partial charge in [0.25, 0.3) is 0 Å². The molecule has 0 aliphatic carbocycles. The molecule has 6 aromatic rings. The van der Waals surface area contributed by atoms with Gasteiger partial charge in [-0.2, -0.15) is 0 Å². The Kier molecular flexibility index (Phi) is 9.08. The van der Waals surface area contributed by atoms with Gasteiger partial charge in [0.05, 0.1) is 0 Å². The molecular weight excluding hydrogens is 560 g/mol. The summed E-state index contributed by atoms with van der Waals surface area (Å²) in [7, 11) is 0. The van der Waals surface area contributed by atoms with Gasteiger partial charge in [0.1, 0.15) is 11.5 Å². The first-order valence-corrected chi connectivity index (χ1v) is 16.3. The molecule has 4 unspecified atom stereocenters. The maximum atomic E-state index is 11.9. The number of phenolic OH excluding ortho intramolecular Hbond substituents is 2. The molecule has 4 atom stereocenters. The van der Waals surface area contributed by atoms with Gasteiger partial charge in [-0.05, 0) is 57.6 Å². The molecule has 0 aliphatic rings. The molecule has 0 fully saturated rings. The van der Waals surface area contributed by atoms with Crippen LogP contribution in [0, 0.1) is 0 Å². The maximum Gasteiger partial charge on any atom is 0.123 e. The zero-order chi connectivity index (χ0) is 32.2. The molecule has 0 amide bonds. The van der Waals surface area contributed by atoms with Crippen LogP contribution < -0.4 is 0 Å². The van der Waals surface area contributed by atoms with Gasteiger partial charge in [-0.3, -0.25) is 0 Å². The van der Waals surface area contributed by atoms with Gasteiger partial charge >= 0.3 is 0 Å². The number of aromatic hydroxyl groups is 2. The van der Waals surface area contributed by atoms with Gasteiger partial charge < -0.3 is 10.2 Å². The summed E-state index contributed by atoms with van der Waals surface area (Å²) >= 11 is 0. The normalized spacial score (nSPS) is 13.9. The van der Waals surface area contributed by atoms with Crippen molar-refractivity contribution in [1.29, 1.82) is 0 Å². The van der Waals surface area contributed by atoms with Crippen molar-refractivity contribution in [1.82, 2.24) is 0 Å². The quantitative estimate of drug-likeness (QED) is 0.173. The minimum Gasteiger partial charge on any atom is -0.507 e. The molecule has 0 saturated carbocycles.